The van der Waals surface area contributed by atoms with Crippen LogP contribution in [-0.4, -0.2) is 92.9 Å². The molecule has 9 atom stereocenters. The molecule has 31 heavy (non-hydrogen) atoms. The van der Waals surface area contributed by atoms with Crippen LogP contribution < -0.4 is 0 Å². The maximum atomic E-state index is 12.7. The smallest absolute Gasteiger partial charge is 0.338 e. The van der Waals surface area contributed by atoms with Crippen molar-refractivity contribution in [3.05, 3.63) is 22.8 Å². The van der Waals surface area contributed by atoms with Crippen molar-refractivity contribution in [1.29, 1.82) is 0 Å². The van der Waals surface area contributed by atoms with Crippen molar-refractivity contribution in [2.75, 3.05) is 13.2 Å². The zero-order valence-electron chi connectivity index (χ0n) is 17.3. The Morgan fingerprint density at radius 1 is 1.19 bits per heavy atom. The molecule has 0 spiro atoms. The SMILES string of the molecule is CC1=C2C(=O)C=C(CO[C@@H]3O[C@H](CO)[C@@H](O)[C@H](O)[C@H]3O)[C@@H]2[C@H]2OC(=O)[C@](C)(O)[C@@H]2CC1. The van der Waals surface area contributed by atoms with Gasteiger partial charge < -0.3 is 39.7 Å². The van der Waals surface area contributed by atoms with E-state index in [0.29, 0.717) is 24.0 Å². The number of aliphatic hydroxyl groups is 5. The second-order valence-corrected chi connectivity index (χ2v) is 8.93. The summed E-state index contributed by atoms with van der Waals surface area (Å²) in [5.74, 6) is -2.05. The third kappa shape index (κ3) is 3.56. The molecule has 0 aromatic carbocycles. The molecule has 0 unspecified atom stereocenters. The minimum absolute atomic E-state index is 0.182. The van der Waals surface area contributed by atoms with Crippen molar-refractivity contribution >= 4 is 11.8 Å². The molecule has 5 N–H and O–H groups in total. The van der Waals surface area contributed by atoms with E-state index < -0.39 is 66.8 Å². The Kier molecular flexibility index (Phi) is 5.84. The van der Waals surface area contributed by atoms with Gasteiger partial charge in [-0.05, 0) is 38.3 Å². The molecule has 2 aliphatic heterocycles. The quantitative estimate of drug-likeness (QED) is 0.320. The van der Waals surface area contributed by atoms with Crippen LogP contribution in [0.1, 0.15) is 26.7 Å². The molecule has 4 rings (SSSR count). The summed E-state index contributed by atoms with van der Waals surface area (Å²) in [6.45, 7) is 2.49. The van der Waals surface area contributed by atoms with E-state index in [1.165, 1.54) is 13.0 Å². The summed E-state index contributed by atoms with van der Waals surface area (Å²) in [7, 11) is 0. The van der Waals surface area contributed by atoms with Gasteiger partial charge in [0.05, 0.1) is 13.2 Å². The second kappa shape index (κ2) is 8.04. The molecular formula is C21H28O10. The Balaban J connectivity index is 1.56. The number of carbonyl (C=O) groups is 2. The van der Waals surface area contributed by atoms with Gasteiger partial charge in [0.2, 0.25) is 0 Å². The number of allylic oxidation sites excluding steroid dienone is 2. The highest BCUT2D eigenvalue weighted by Crippen LogP contribution is 2.49. The van der Waals surface area contributed by atoms with Gasteiger partial charge in [-0.25, -0.2) is 4.79 Å². The predicted molar refractivity (Wildman–Crippen MR) is 102 cm³/mol. The lowest BCUT2D eigenvalue weighted by Gasteiger charge is -2.39. The first-order chi connectivity index (χ1) is 14.6. The molecular weight excluding hydrogens is 412 g/mol. The van der Waals surface area contributed by atoms with Gasteiger partial charge in [-0.2, -0.15) is 0 Å². The molecule has 2 aliphatic carbocycles. The molecule has 2 saturated heterocycles. The Hall–Kier alpha value is -1.66. The molecule has 172 valence electrons. The first-order valence-electron chi connectivity index (χ1n) is 10.4. The molecule has 10 heteroatoms. The molecule has 0 saturated carbocycles. The maximum absolute atomic E-state index is 12.7. The van der Waals surface area contributed by atoms with E-state index in [2.05, 4.69) is 0 Å². The van der Waals surface area contributed by atoms with E-state index >= 15 is 0 Å². The highest BCUT2D eigenvalue weighted by molar-refractivity contribution is 6.09. The number of ether oxygens (including phenoxy) is 3. The van der Waals surface area contributed by atoms with E-state index in [1.807, 2.05) is 6.92 Å². The minimum atomic E-state index is -1.66. The van der Waals surface area contributed by atoms with Crippen LogP contribution in [0.4, 0.5) is 0 Å². The van der Waals surface area contributed by atoms with Crippen LogP contribution in [0.25, 0.3) is 0 Å². The summed E-state index contributed by atoms with van der Waals surface area (Å²) >= 11 is 0. The average Bonchev–Trinajstić information content (AvgIpc) is 3.10. The Bertz CT molecular complexity index is 828. The van der Waals surface area contributed by atoms with E-state index in [1.54, 1.807) is 0 Å². The zero-order valence-corrected chi connectivity index (χ0v) is 17.3. The fourth-order valence-corrected chi connectivity index (χ4v) is 5.09. The second-order valence-electron chi connectivity index (χ2n) is 8.93. The fourth-order valence-electron chi connectivity index (χ4n) is 5.09. The zero-order chi connectivity index (χ0) is 22.7. The lowest BCUT2D eigenvalue weighted by molar-refractivity contribution is -0.299. The molecule has 10 nitrogen and oxygen atoms in total. The summed E-state index contributed by atoms with van der Waals surface area (Å²) in [5.41, 5.74) is 0.217. The van der Waals surface area contributed by atoms with Crippen LogP contribution in [-0.2, 0) is 23.8 Å². The summed E-state index contributed by atoms with van der Waals surface area (Å²) in [4.78, 5) is 25.0. The van der Waals surface area contributed by atoms with Crippen LogP contribution in [0.2, 0.25) is 0 Å². The molecule has 0 aromatic rings. The van der Waals surface area contributed by atoms with Gasteiger partial charge in [0.1, 0.15) is 30.5 Å². The average molecular weight is 440 g/mol. The van der Waals surface area contributed by atoms with Crippen LogP contribution >= 0.6 is 0 Å². The summed E-state index contributed by atoms with van der Waals surface area (Å²) in [6.07, 6.45) is -5.43. The van der Waals surface area contributed by atoms with Gasteiger partial charge in [0.15, 0.2) is 17.7 Å². The minimum Gasteiger partial charge on any atom is -0.459 e. The van der Waals surface area contributed by atoms with Gasteiger partial charge in [-0.15, -0.1) is 0 Å². The fraction of sp³-hybridized carbons (Fsp3) is 0.714. The molecule has 0 bridgehead atoms. The normalized spacial score (nSPS) is 45.2. The third-order valence-electron chi connectivity index (χ3n) is 6.95. The van der Waals surface area contributed by atoms with Crippen LogP contribution in [0.3, 0.4) is 0 Å². The highest BCUT2D eigenvalue weighted by atomic mass is 16.7. The molecule has 2 heterocycles. The number of hydrogen-bond acceptors (Lipinski definition) is 10. The number of esters is 1. The van der Waals surface area contributed by atoms with Gasteiger partial charge in [0, 0.05) is 17.4 Å². The Morgan fingerprint density at radius 3 is 2.58 bits per heavy atom. The van der Waals surface area contributed by atoms with E-state index in [9.17, 15) is 35.1 Å². The molecule has 2 fully saturated rings. The van der Waals surface area contributed by atoms with Crippen LogP contribution in [0, 0.1) is 11.8 Å². The first kappa shape index (κ1) is 22.5. The van der Waals surface area contributed by atoms with Gasteiger partial charge in [-0.3, -0.25) is 4.79 Å². The van der Waals surface area contributed by atoms with Crippen molar-refractivity contribution in [2.24, 2.45) is 11.8 Å². The van der Waals surface area contributed by atoms with Gasteiger partial charge in [0.25, 0.3) is 0 Å². The monoisotopic (exact) mass is 440 g/mol. The lowest BCUT2D eigenvalue weighted by Crippen LogP contribution is -2.59. The van der Waals surface area contributed by atoms with E-state index in [-0.39, 0.29) is 12.4 Å². The van der Waals surface area contributed by atoms with Gasteiger partial charge in [-0.1, -0.05) is 5.57 Å². The first-order valence-corrected chi connectivity index (χ1v) is 10.4. The summed E-state index contributed by atoms with van der Waals surface area (Å²) in [6, 6.07) is 0. The molecule has 0 aromatic heterocycles. The number of rotatable bonds is 4. The van der Waals surface area contributed by atoms with Crippen molar-refractivity contribution in [2.45, 2.75) is 69.1 Å². The molecule has 0 amide bonds. The summed E-state index contributed by atoms with van der Waals surface area (Å²) < 4.78 is 16.5. The third-order valence-corrected chi connectivity index (χ3v) is 6.95. The number of aliphatic hydroxyl groups excluding tert-OH is 4. The van der Waals surface area contributed by atoms with Crippen LogP contribution in [0.15, 0.2) is 22.8 Å². The van der Waals surface area contributed by atoms with Crippen molar-refractivity contribution < 1.29 is 49.3 Å². The Labute approximate surface area is 178 Å². The number of ketones is 1. The molecule has 0 radical (unpaired) electrons. The standard InChI is InChI=1S/C21H28O10/c1-8-3-4-10-18(31-20(27)21(10,2)28)14-9(5-11(23)13(8)14)7-29-19-17(26)16(25)15(24)12(6-22)30-19/h5,10,12,14-19,22,24-26,28H,3-4,6-7H2,1-2H3/t10-,12-,14+,15-,16+,17-,18+,19-,21-/m1/s1. The van der Waals surface area contributed by atoms with E-state index in [4.69, 9.17) is 14.2 Å². The number of fused-ring (bicyclic) bond motifs is 3. The number of hydrogen-bond donors (Lipinski definition) is 5. The van der Waals surface area contributed by atoms with Crippen molar-refractivity contribution in [1.82, 2.24) is 0 Å². The Morgan fingerprint density at radius 2 is 1.90 bits per heavy atom. The van der Waals surface area contributed by atoms with Crippen LogP contribution in [0.5, 0.6) is 0 Å². The lowest BCUT2D eigenvalue weighted by atomic mass is 9.78. The number of carbonyl (C=O) groups excluding carboxylic acids is 2. The van der Waals surface area contributed by atoms with E-state index in [0.717, 1.165) is 5.57 Å². The topological polar surface area (TPSA) is 163 Å². The summed E-state index contributed by atoms with van der Waals surface area (Å²) in [5, 5.41) is 50.0. The molecule has 4 aliphatic rings. The predicted octanol–water partition coefficient (Wildman–Crippen LogP) is -1.67. The largest absolute Gasteiger partial charge is 0.459 e. The van der Waals surface area contributed by atoms with Gasteiger partial charge >= 0.3 is 5.97 Å². The highest BCUT2D eigenvalue weighted by Gasteiger charge is 2.58. The maximum Gasteiger partial charge on any atom is 0.338 e. The van der Waals surface area contributed by atoms with Crippen molar-refractivity contribution in [3.63, 3.8) is 0 Å². The van der Waals surface area contributed by atoms with Crippen molar-refractivity contribution in [3.8, 4) is 0 Å².